The van der Waals surface area contributed by atoms with Crippen LogP contribution in [0.25, 0.3) is 0 Å². The lowest BCUT2D eigenvalue weighted by Crippen LogP contribution is -2.24. The minimum absolute atomic E-state index is 0.0364. The smallest absolute Gasteiger partial charge is 0.349 e. The van der Waals surface area contributed by atoms with Gasteiger partial charge in [0.2, 0.25) is 0 Å². The standard InChI is InChI=1S/C15H24O5S/c1-3-5-7-19-9-11(16)10-20-13-8-12(6-4-2)21-14(13)15(17)18/h8,11,16H,3-7,9-10H2,1-2H3,(H,17,18). The summed E-state index contributed by atoms with van der Waals surface area (Å²) < 4.78 is 10.7. The van der Waals surface area contributed by atoms with Crippen LogP contribution in [0.1, 0.15) is 47.7 Å². The van der Waals surface area contributed by atoms with Crippen molar-refractivity contribution in [3.63, 3.8) is 0 Å². The van der Waals surface area contributed by atoms with Crippen molar-refractivity contribution in [3.05, 3.63) is 15.8 Å². The summed E-state index contributed by atoms with van der Waals surface area (Å²) in [6.45, 7) is 4.97. The van der Waals surface area contributed by atoms with E-state index >= 15 is 0 Å². The minimum atomic E-state index is -0.994. The van der Waals surface area contributed by atoms with E-state index < -0.39 is 12.1 Å². The van der Waals surface area contributed by atoms with Gasteiger partial charge in [0.25, 0.3) is 0 Å². The number of carbonyl (C=O) groups is 1. The van der Waals surface area contributed by atoms with Crippen LogP contribution in [-0.4, -0.2) is 42.1 Å². The molecule has 0 saturated heterocycles. The maximum absolute atomic E-state index is 11.2. The predicted molar refractivity (Wildman–Crippen MR) is 82.5 cm³/mol. The van der Waals surface area contributed by atoms with Gasteiger partial charge in [0.05, 0.1) is 6.61 Å². The number of thiophene rings is 1. The highest BCUT2D eigenvalue weighted by Gasteiger charge is 2.17. The number of hydrogen-bond donors (Lipinski definition) is 2. The van der Waals surface area contributed by atoms with Gasteiger partial charge in [-0.05, 0) is 18.9 Å². The molecule has 0 radical (unpaired) electrons. The number of carboxylic acid groups (broad SMARTS) is 1. The molecular formula is C15H24O5S. The van der Waals surface area contributed by atoms with Gasteiger partial charge >= 0.3 is 5.97 Å². The lowest BCUT2D eigenvalue weighted by molar-refractivity contribution is 0.0111. The van der Waals surface area contributed by atoms with Gasteiger partial charge in [-0.25, -0.2) is 4.79 Å². The molecule has 1 atom stereocenters. The molecule has 21 heavy (non-hydrogen) atoms. The maximum Gasteiger partial charge on any atom is 0.349 e. The van der Waals surface area contributed by atoms with E-state index in [9.17, 15) is 9.90 Å². The monoisotopic (exact) mass is 316 g/mol. The molecule has 0 bridgehead atoms. The second-order valence-corrected chi connectivity index (χ2v) is 5.99. The van der Waals surface area contributed by atoms with Crippen LogP contribution < -0.4 is 4.74 Å². The van der Waals surface area contributed by atoms with Gasteiger partial charge in [0.15, 0.2) is 4.88 Å². The summed E-state index contributed by atoms with van der Waals surface area (Å²) in [6, 6.07) is 1.75. The van der Waals surface area contributed by atoms with E-state index in [4.69, 9.17) is 14.6 Å². The van der Waals surface area contributed by atoms with E-state index in [1.165, 1.54) is 11.3 Å². The van der Waals surface area contributed by atoms with Crippen molar-refractivity contribution in [1.82, 2.24) is 0 Å². The zero-order valence-electron chi connectivity index (χ0n) is 12.6. The normalized spacial score (nSPS) is 12.3. The maximum atomic E-state index is 11.2. The van der Waals surface area contributed by atoms with Crippen LogP contribution in [0, 0.1) is 0 Å². The van der Waals surface area contributed by atoms with E-state index in [2.05, 4.69) is 6.92 Å². The fourth-order valence-corrected chi connectivity index (χ4v) is 2.79. The van der Waals surface area contributed by atoms with E-state index in [0.29, 0.717) is 12.4 Å². The van der Waals surface area contributed by atoms with Crippen LogP contribution in [0.3, 0.4) is 0 Å². The molecule has 0 aromatic carbocycles. The Bertz CT molecular complexity index is 430. The van der Waals surface area contributed by atoms with E-state index in [1.54, 1.807) is 6.07 Å². The van der Waals surface area contributed by atoms with Crippen LogP contribution in [0.4, 0.5) is 0 Å². The third kappa shape index (κ3) is 6.46. The molecule has 0 aliphatic heterocycles. The molecule has 1 aromatic heterocycles. The molecule has 0 aliphatic rings. The number of aryl methyl sites for hydroxylation is 1. The van der Waals surface area contributed by atoms with Crippen LogP contribution >= 0.6 is 11.3 Å². The van der Waals surface area contributed by atoms with Crippen molar-refractivity contribution in [1.29, 1.82) is 0 Å². The van der Waals surface area contributed by atoms with Crippen LogP contribution in [0.5, 0.6) is 5.75 Å². The first-order valence-electron chi connectivity index (χ1n) is 7.33. The highest BCUT2D eigenvalue weighted by Crippen LogP contribution is 2.30. The molecule has 5 nitrogen and oxygen atoms in total. The molecule has 1 heterocycles. The molecule has 0 saturated carbocycles. The van der Waals surface area contributed by atoms with Gasteiger partial charge in [-0.1, -0.05) is 26.7 Å². The zero-order valence-corrected chi connectivity index (χ0v) is 13.4. The third-order valence-electron chi connectivity index (χ3n) is 2.82. The molecule has 1 unspecified atom stereocenters. The number of aliphatic hydroxyl groups excluding tert-OH is 1. The first kappa shape index (κ1) is 17.9. The summed E-state index contributed by atoms with van der Waals surface area (Å²) >= 11 is 1.23. The second kappa shape index (κ2) is 9.76. The molecule has 0 amide bonds. The van der Waals surface area contributed by atoms with Gasteiger partial charge in [-0.3, -0.25) is 0 Å². The molecule has 1 rings (SSSR count). The molecule has 0 spiro atoms. The van der Waals surface area contributed by atoms with Crippen molar-refractivity contribution >= 4 is 17.3 Å². The Labute approximate surface area is 129 Å². The summed E-state index contributed by atoms with van der Waals surface area (Å²) in [5.74, 6) is -0.658. The van der Waals surface area contributed by atoms with Gasteiger partial charge < -0.3 is 19.7 Å². The summed E-state index contributed by atoms with van der Waals surface area (Å²) in [5, 5.41) is 18.9. The van der Waals surface area contributed by atoms with Gasteiger partial charge in [0, 0.05) is 11.5 Å². The van der Waals surface area contributed by atoms with Gasteiger partial charge in [-0.2, -0.15) is 0 Å². The van der Waals surface area contributed by atoms with Crippen LogP contribution in [0.15, 0.2) is 6.07 Å². The number of aliphatic hydroxyl groups is 1. The second-order valence-electron chi connectivity index (χ2n) is 4.85. The predicted octanol–water partition coefficient (Wildman–Crippen LogP) is 2.96. The number of hydrogen-bond acceptors (Lipinski definition) is 5. The van der Waals surface area contributed by atoms with E-state index in [1.807, 2.05) is 6.92 Å². The average Bonchev–Trinajstić information content (AvgIpc) is 2.85. The zero-order chi connectivity index (χ0) is 15.7. The molecule has 0 aliphatic carbocycles. The third-order valence-corrected chi connectivity index (χ3v) is 3.99. The number of carboxylic acids is 1. The average molecular weight is 316 g/mol. The SMILES string of the molecule is CCCCOCC(O)COc1cc(CCC)sc1C(=O)O. The summed E-state index contributed by atoms with van der Waals surface area (Å²) in [4.78, 5) is 12.3. The first-order chi connectivity index (χ1) is 10.1. The lowest BCUT2D eigenvalue weighted by Gasteiger charge is -2.12. The summed E-state index contributed by atoms with van der Waals surface area (Å²) in [5.41, 5.74) is 0. The number of ether oxygens (including phenoxy) is 2. The van der Waals surface area contributed by atoms with E-state index in [0.717, 1.165) is 30.6 Å². The van der Waals surface area contributed by atoms with Gasteiger partial charge in [0.1, 0.15) is 18.5 Å². The summed E-state index contributed by atoms with van der Waals surface area (Å²) in [6.07, 6.45) is 3.04. The Morgan fingerprint density at radius 3 is 2.71 bits per heavy atom. The Balaban J connectivity index is 2.47. The Morgan fingerprint density at radius 1 is 1.33 bits per heavy atom. The minimum Gasteiger partial charge on any atom is -0.489 e. The molecule has 120 valence electrons. The van der Waals surface area contributed by atoms with Crippen molar-refractivity contribution < 1.29 is 24.5 Å². The highest BCUT2D eigenvalue weighted by molar-refractivity contribution is 7.14. The first-order valence-corrected chi connectivity index (χ1v) is 8.14. The van der Waals surface area contributed by atoms with E-state index in [-0.39, 0.29) is 18.1 Å². The largest absolute Gasteiger partial charge is 0.489 e. The number of unbranched alkanes of at least 4 members (excludes halogenated alkanes) is 1. The Kier molecular flexibility index (Phi) is 8.34. The molecule has 2 N–H and O–H groups in total. The highest BCUT2D eigenvalue weighted by atomic mass is 32.1. The fourth-order valence-electron chi connectivity index (χ4n) is 1.75. The molecule has 6 heteroatoms. The topological polar surface area (TPSA) is 76.0 Å². The van der Waals surface area contributed by atoms with Crippen LogP contribution in [-0.2, 0) is 11.2 Å². The van der Waals surface area contributed by atoms with Crippen molar-refractivity contribution in [2.24, 2.45) is 0 Å². The Hall–Kier alpha value is -1.11. The number of rotatable bonds is 11. The fraction of sp³-hybridized carbons (Fsp3) is 0.667. The van der Waals surface area contributed by atoms with Gasteiger partial charge in [-0.15, -0.1) is 11.3 Å². The quantitative estimate of drug-likeness (QED) is 0.614. The Morgan fingerprint density at radius 2 is 2.10 bits per heavy atom. The van der Waals surface area contributed by atoms with Crippen molar-refractivity contribution in [2.75, 3.05) is 19.8 Å². The van der Waals surface area contributed by atoms with Crippen LogP contribution in [0.2, 0.25) is 0 Å². The molecule has 0 fully saturated rings. The number of aromatic carboxylic acids is 1. The lowest BCUT2D eigenvalue weighted by atomic mass is 10.3. The van der Waals surface area contributed by atoms with Crippen molar-refractivity contribution in [2.45, 2.75) is 45.6 Å². The molecule has 1 aromatic rings. The molecular weight excluding hydrogens is 292 g/mol. The summed E-state index contributed by atoms with van der Waals surface area (Å²) in [7, 11) is 0. The van der Waals surface area contributed by atoms with Crippen molar-refractivity contribution in [3.8, 4) is 5.75 Å².